The van der Waals surface area contributed by atoms with Crippen molar-refractivity contribution in [2.24, 2.45) is 5.14 Å². The molecule has 0 aliphatic heterocycles. The van der Waals surface area contributed by atoms with Crippen LogP contribution in [-0.2, 0) is 21.4 Å². The number of carboxylic acids is 1. The molecule has 1 rings (SSSR count). The molecule has 0 aliphatic carbocycles. The van der Waals surface area contributed by atoms with Gasteiger partial charge in [0.15, 0.2) is 0 Å². The third-order valence-corrected chi connectivity index (χ3v) is 2.38. The summed E-state index contributed by atoms with van der Waals surface area (Å²) in [4.78, 5) is 10.4. The van der Waals surface area contributed by atoms with E-state index in [0.29, 0.717) is 11.3 Å². The lowest BCUT2D eigenvalue weighted by molar-refractivity contribution is -0.136. The van der Waals surface area contributed by atoms with Crippen LogP contribution in [0.25, 0.3) is 0 Å². The lowest BCUT2D eigenvalue weighted by atomic mass is 10.1. The zero-order valence-corrected chi connectivity index (χ0v) is 9.20. The van der Waals surface area contributed by atoms with Crippen molar-refractivity contribution in [1.82, 2.24) is 0 Å². The Kier molecular flexibility index (Phi) is 3.86. The maximum atomic E-state index is 10.8. The summed E-state index contributed by atoms with van der Waals surface area (Å²) in [5, 5.41) is 13.4. The van der Waals surface area contributed by atoms with E-state index in [9.17, 15) is 13.2 Å². The minimum absolute atomic E-state index is 0.0662. The van der Waals surface area contributed by atoms with Crippen molar-refractivity contribution in [2.45, 2.75) is 12.8 Å². The van der Waals surface area contributed by atoms with Gasteiger partial charge in [-0.2, -0.15) is 8.42 Å². The van der Waals surface area contributed by atoms with E-state index in [1.807, 2.05) is 0 Å². The molecule has 0 radical (unpaired) electrons. The number of para-hydroxylation sites is 1. The number of benzene rings is 1. The van der Waals surface area contributed by atoms with Crippen LogP contribution in [0, 0.1) is 0 Å². The Morgan fingerprint density at radius 1 is 1.38 bits per heavy atom. The molecule has 0 fully saturated rings. The van der Waals surface area contributed by atoms with Crippen molar-refractivity contribution in [3.63, 3.8) is 0 Å². The Balaban J connectivity index is 2.87. The second-order valence-corrected chi connectivity index (χ2v) is 4.49. The first-order chi connectivity index (χ1) is 7.38. The van der Waals surface area contributed by atoms with Gasteiger partial charge in [0.2, 0.25) is 0 Å². The van der Waals surface area contributed by atoms with E-state index >= 15 is 0 Å². The van der Waals surface area contributed by atoms with Gasteiger partial charge in [-0.1, -0.05) is 18.2 Å². The number of anilines is 1. The van der Waals surface area contributed by atoms with Crippen molar-refractivity contribution in [3.05, 3.63) is 29.8 Å². The minimum Gasteiger partial charge on any atom is -0.481 e. The molecule has 6 nitrogen and oxygen atoms in total. The van der Waals surface area contributed by atoms with Crippen molar-refractivity contribution in [2.75, 3.05) is 4.72 Å². The Hall–Kier alpha value is -1.60. The van der Waals surface area contributed by atoms with Crippen LogP contribution in [0.4, 0.5) is 5.69 Å². The Bertz CT molecular complexity index is 484. The van der Waals surface area contributed by atoms with Gasteiger partial charge < -0.3 is 5.11 Å². The van der Waals surface area contributed by atoms with Gasteiger partial charge in [-0.25, -0.2) is 5.14 Å². The molecule has 0 unspecified atom stereocenters. The number of rotatable bonds is 5. The SMILES string of the molecule is NS(=O)(=O)Nc1ccccc1CCC(=O)O. The van der Waals surface area contributed by atoms with Crippen LogP contribution in [-0.4, -0.2) is 19.5 Å². The molecule has 1 aromatic carbocycles. The fraction of sp³-hybridized carbons (Fsp3) is 0.222. The van der Waals surface area contributed by atoms with Gasteiger partial charge >= 0.3 is 5.97 Å². The van der Waals surface area contributed by atoms with Crippen LogP contribution in [0.5, 0.6) is 0 Å². The van der Waals surface area contributed by atoms with Crippen LogP contribution < -0.4 is 9.86 Å². The van der Waals surface area contributed by atoms with E-state index in [-0.39, 0.29) is 12.8 Å². The zero-order valence-electron chi connectivity index (χ0n) is 8.38. The van der Waals surface area contributed by atoms with Crippen LogP contribution >= 0.6 is 0 Å². The van der Waals surface area contributed by atoms with Gasteiger partial charge in [0.1, 0.15) is 0 Å². The van der Waals surface area contributed by atoms with Crippen LogP contribution in [0.3, 0.4) is 0 Å². The maximum Gasteiger partial charge on any atom is 0.303 e. The van der Waals surface area contributed by atoms with E-state index in [1.54, 1.807) is 18.2 Å². The molecule has 0 amide bonds. The van der Waals surface area contributed by atoms with Crippen LogP contribution in [0.1, 0.15) is 12.0 Å². The number of nitrogens with one attached hydrogen (secondary N) is 1. The molecule has 4 N–H and O–H groups in total. The van der Waals surface area contributed by atoms with Crippen molar-refractivity contribution in [3.8, 4) is 0 Å². The largest absolute Gasteiger partial charge is 0.481 e. The monoisotopic (exact) mass is 244 g/mol. The average Bonchev–Trinajstić information content (AvgIpc) is 2.14. The number of carboxylic acid groups (broad SMARTS) is 1. The van der Waals surface area contributed by atoms with Crippen molar-refractivity contribution in [1.29, 1.82) is 0 Å². The quantitative estimate of drug-likeness (QED) is 0.692. The first kappa shape index (κ1) is 12.5. The molecule has 0 bridgehead atoms. The number of hydrogen-bond acceptors (Lipinski definition) is 3. The Morgan fingerprint density at radius 2 is 2.00 bits per heavy atom. The molecule has 16 heavy (non-hydrogen) atoms. The second-order valence-electron chi connectivity index (χ2n) is 3.20. The summed E-state index contributed by atoms with van der Waals surface area (Å²) in [6.07, 6.45) is 0.178. The van der Waals surface area contributed by atoms with Crippen LogP contribution in [0.15, 0.2) is 24.3 Å². The molecule has 0 heterocycles. The van der Waals surface area contributed by atoms with E-state index < -0.39 is 16.2 Å². The first-order valence-electron chi connectivity index (χ1n) is 4.49. The summed E-state index contributed by atoms with van der Waals surface area (Å²) in [6.45, 7) is 0. The van der Waals surface area contributed by atoms with Crippen molar-refractivity contribution < 1.29 is 18.3 Å². The predicted molar refractivity (Wildman–Crippen MR) is 59.1 cm³/mol. The number of hydrogen-bond donors (Lipinski definition) is 3. The summed E-state index contributed by atoms with van der Waals surface area (Å²) < 4.78 is 23.8. The smallest absolute Gasteiger partial charge is 0.303 e. The molecule has 0 saturated carbocycles. The van der Waals surface area contributed by atoms with Gasteiger partial charge in [-0.3, -0.25) is 9.52 Å². The fourth-order valence-electron chi connectivity index (χ4n) is 1.23. The fourth-order valence-corrected chi connectivity index (χ4v) is 1.74. The van der Waals surface area contributed by atoms with Gasteiger partial charge in [-0.05, 0) is 18.1 Å². The van der Waals surface area contributed by atoms with Gasteiger partial charge in [0.05, 0.1) is 5.69 Å². The van der Waals surface area contributed by atoms with E-state index in [2.05, 4.69) is 4.72 Å². The summed E-state index contributed by atoms with van der Waals surface area (Å²) in [6, 6.07) is 6.52. The maximum absolute atomic E-state index is 10.8. The van der Waals surface area contributed by atoms with Crippen LogP contribution in [0.2, 0.25) is 0 Å². The molecule has 0 aromatic heterocycles. The van der Waals surface area contributed by atoms with E-state index in [1.165, 1.54) is 6.07 Å². The average molecular weight is 244 g/mol. The second kappa shape index (κ2) is 4.95. The highest BCUT2D eigenvalue weighted by atomic mass is 32.2. The molecular formula is C9H12N2O4S. The summed E-state index contributed by atoms with van der Waals surface area (Å²) in [7, 11) is -3.84. The lowest BCUT2D eigenvalue weighted by Crippen LogP contribution is -2.22. The highest BCUT2D eigenvalue weighted by Crippen LogP contribution is 2.17. The van der Waals surface area contributed by atoms with Gasteiger partial charge in [-0.15, -0.1) is 0 Å². The number of nitrogens with two attached hydrogens (primary N) is 1. The highest BCUT2D eigenvalue weighted by molar-refractivity contribution is 7.90. The zero-order chi connectivity index (χ0) is 12.2. The lowest BCUT2D eigenvalue weighted by Gasteiger charge is -2.08. The van der Waals surface area contributed by atoms with E-state index in [4.69, 9.17) is 10.2 Å². The van der Waals surface area contributed by atoms with Gasteiger partial charge in [0.25, 0.3) is 10.2 Å². The molecular weight excluding hydrogens is 232 g/mol. The third-order valence-electron chi connectivity index (χ3n) is 1.88. The Labute approximate surface area is 93.3 Å². The molecule has 88 valence electrons. The normalized spacial score (nSPS) is 11.1. The number of carbonyl (C=O) groups is 1. The Morgan fingerprint density at radius 3 is 2.56 bits per heavy atom. The summed E-state index contributed by atoms with van der Waals surface area (Å²) >= 11 is 0. The standard InChI is InChI=1S/C9H12N2O4S/c10-16(14,15)11-8-4-2-1-3-7(8)5-6-9(12)13/h1-4,11H,5-6H2,(H,12,13)(H2,10,14,15). The number of aliphatic carboxylic acids is 1. The molecule has 7 heteroatoms. The molecule has 0 spiro atoms. The summed E-state index contributed by atoms with van der Waals surface area (Å²) in [5.41, 5.74) is 0.908. The number of aryl methyl sites for hydroxylation is 1. The minimum atomic E-state index is -3.84. The topological polar surface area (TPSA) is 109 Å². The first-order valence-corrected chi connectivity index (χ1v) is 6.03. The van der Waals surface area contributed by atoms with Crippen molar-refractivity contribution >= 4 is 21.9 Å². The third kappa shape index (κ3) is 4.28. The predicted octanol–water partition coefficient (Wildman–Crippen LogP) is 0.319. The van der Waals surface area contributed by atoms with Gasteiger partial charge in [0, 0.05) is 6.42 Å². The molecule has 1 aromatic rings. The molecule has 0 atom stereocenters. The summed E-state index contributed by atoms with van der Waals surface area (Å²) in [5.74, 6) is -0.939. The molecule has 0 saturated heterocycles. The van der Waals surface area contributed by atoms with E-state index in [0.717, 1.165) is 0 Å². The molecule has 0 aliphatic rings. The highest BCUT2D eigenvalue weighted by Gasteiger charge is 2.08.